The van der Waals surface area contributed by atoms with Gasteiger partial charge in [0.1, 0.15) is 5.75 Å². The molecule has 27 heavy (non-hydrogen) atoms. The highest BCUT2D eigenvalue weighted by molar-refractivity contribution is 5.99. The number of nitrogens with zero attached hydrogens (tertiary/aromatic N) is 2. The molecule has 1 aliphatic heterocycles. The molecule has 2 aromatic carbocycles. The lowest BCUT2D eigenvalue weighted by atomic mass is 10.1. The largest absolute Gasteiger partial charge is 0.497 e. The molecular weight excluding hydrogens is 340 g/mol. The number of benzene rings is 2. The van der Waals surface area contributed by atoms with E-state index in [1.807, 2.05) is 62.4 Å². The molecule has 3 rings (SSSR count). The van der Waals surface area contributed by atoms with Crippen LogP contribution in [0.3, 0.4) is 0 Å². The Morgan fingerprint density at radius 3 is 2.59 bits per heavy atom. The highest BCUT2D eigenvalue weighted by Gasteiger charge is 2.36. The van der Waals surface area contributed by atoms with Crippen molar-refractivity contribution in [3.8, 4) is 5.75 Å². The molecule has 0 aromatic heterocycles. The Kier molecular flexibility index (Phi) is 5.79. The Morgan fingerprint density at radius 1 is 1.22 bits per heavy atom. The van der Waals surface area contributed by atoms with Crippen LogP contribution in [0.5, 0.6) is 5.75 Å². The predicted molar refractivity (Wildman–Crippen MR) is 106 cm³/mol. The van der Waals surface area contributed by atoms with Crippen LogP contribution >= 0.6 is 0 Å². The first-order valence-electron chi connectivity index (χ1n) is 9.30. The van der Waals surface area contributed by atoms with Crippen LogP contribution in [-0.2, 0) is 16.1 Å². The molecule has 2 amide bonds. The summed E-state index contributed by atoms with van der Waals surface area (Å²) in [5, 5.41) is 0. The highest BCUT2D eigenvalue weighted by atomic mass is 16.5. The van der Waals surface area contributed by atoms with E-state index in [0.717, 1.165) is 22.6 Å². The van der Waals surface area contributed by atoms with Gasteiger partial charge in [-0.15, -0.1) is 0 Å². The van der Waals surface area contributed by atoms with Crippen LogP contribution in [0, 0.1) is 12.8 Å². The van der Waals surface area contributed by atoms with Gasteiger partial charge in [0.15, 0.2) is 0 Å². The van der Waals surface area contributed by atoms with Crippen LogP contribution in [0.15, 0.2) is 48.5 Å². The molecule has 1 atom stereocenters. The van der Waals surface area contributed by atoms with Crippen molar-refractivity contribution in [2.75, 3.05) is 25.1 Å². The van der Waals surface area contributed by atoms with Crippen molar-refractivity contribution in [2.45, 2.75) is 26.8 Å². The summed E-state index contributed by atoms with van der Waals surface area (Å²) in [7, 11) is 1.63. The average Bonchev–Trinajstić information content (AvgIpc) is 3.03. The minimum Gasteiger partial charge on any atom is -0.497 e. The summed E-state index contributed by atoms with van der Waals surface area (Å²) < 4.78 is 5.17. The maximum Gasteiger partial charge on any atom is 0.232 e. The number of anilines is 1. The molecule has 1 heterocycles. The van der Waals surface area contributed by atoms with Crippen LogP contribution in [-0.4, -0.2) is 36.9 Å². The zero-order valence-electron chi connectivity index (χ0n) is 16.1. The van der Waals surface area contributed by atoms with Crippen molar-refractivity contribution in [2.24, 2.45) is 5.92 Å². The third kappa shape index (κ3) is 4.30. The normalized spacial score (nSPS) is 16.5. The second-order valence-electron chi connectivity index (χ2n) is 6.94. The minimum absolute atomic E-state index is 0.0219. The van der Waals surface area contributed by atoms with Gasteiger partial charge in [0.25, 0.3) is 0 Å². The highest BCUT2D eigenvalue weighted by Crippen LogP contribution is 2.26. The topological polar surface area (TPSA) is 49.9 Å². The molecule has 0 spiro atoms. The molecule has 0 radical (unpaired) electrons. The smallest absolute Gasteiger partial charge is 0.232 e. The van der Waals surface area contributed by atoms with Crippen LogP contribution in [0.4, 0.5) is 5.69 Å². The van der Waals surface area contributed by atoms with Crippen molar-refractivity contribution in [3.05, 3.63) is 59.7 Å². The Morgan fingerprint density at radius 2 is 1.96 bits per heavy atom. The lowest BCUT2D eigenvalue weighted by molar-refractivity contribution is -0.128. The molecule has 0 N–H and O–H groups in total. The molecule has 0 saturated carbocycles. The Hall–Kier alpha value is -2.82. The maximum atomic E-state index is 13.0. The van der Waals surface area contributed by atoms with Crippen molar-refractivity contribution in [1.82, 2.24) is 4.90 Å². The summed E-state index contributed by atoms with van der Waals surface area (Å²) in [5.74, 6) is 0.547. The van der Waals surface area contributed by atoms with Crippen LogP contribution < -0.4 is 9.64 Å². The van der Waals surface area contributed by atoms with E-state index >= 15 is 0 Å². The third-order valence-corrected chi connectivity index (χ3v) is 4.99. The van der Waals surface area contributed by atoms with E-state index in [1.165, 1.54) is 0 Å². The number of rotatable bonds is 6. The van der Waals surface area contributed by atoms with Gasteiger partial charge in [0.2, 0.25) is 11.8 Å². The van der Waals surface area contributed by atoms with Gasteiger partial charge in [0, 0.05) is 31.7 Å². The third-order valence-electron chi connectivity index (χ3n) is 4.99. The second-order valence-corrected chi connectivity index (χ2v) is 6.94. The molecule has 0 aliphatic carbocycles. The fourth-order valence-corrected chi connectivity index (χ4v) is 3.52. The SMILES string of the molecule is CCN(C(=O)C1CC(=O)N(Cc2ccc(OC)cc2)C1)c1cccc(C)c1. The van der Waals surface area contributed by atoms with E-state index in [9.17, 15) is 9.59 Å². The number of hydrogen-bond donors (Lipinski definition) is 0. The zero-order chi connectivity index (χ0) is 19.4. The Bertz CT molecular complexity index is 817. The van der Waals surface area contributed by atoms with Gasteiger partial charge in [-0.3, -0.25) is 9.59 Å². The quantitative estimate of drug-likeness (QED) is 0.787. The molecule has 1 saturated heterocycles. The number of aryl methyl sites for hydroxylation is 1. The minimum atomic E-state index is -0.295. The summed E-state index contributed by atoms with van der Waals surface area (Å²) in [5.41, 5.74) is 3.04. The van der Waals surface area contributed by atoms with Crippen LogP contribution in [0.1, 0.15) is 24.5 Å². The number of amides is 2. The standard InChI is InChI=1S/C22H26N2O3/c1-4-24(19-7-5-6-16(2)12-19)22(26)18-13-21(25)23(15-18)14-17-8-10-20(27-3)11-9-17/h5-12,18H,4,13-15H2,1-3H3. The molecule has 1 unspecified atom stereocenters. The summed E-state index contributed by atoms with van der Waals surface area (Å²) in [6, 6.07) is 15.6. The molecule has 2 aromatic rings. The van der Waals surface area contributed by atoms with Crippen LogP contribution in [0.2, 0.25) is 0 Å². The number of ether oxygens (including phenoxy) is 1. The predicted octanol–water partition coefficient (Wildman–Crippen LogP) is 3.41. The summed E-state index contributed by atoms with van der Waals surface area (Å²) >= 11 is 0. The van der Waals surface area contributed by atoms with E-state index in [-0.39, 0.29) is 24.2 Å². The van der Waals surface area contributed by atoms with Crippen LogP contribution in [0.25, 0.3) is 0 Å². The van der Waals surface area contributed by atoms with Gasteiger partial charge in [-0.25, -0.2) is 0 Å². The summed E-state index contributed by atoms with van der Waals surface area (Å²) in [6.07, 6.45) is 0.275. The van der Waals surface area contributed by atoms with Gasteiger partial charge >= 0.3 is 0 Å². The van der Waals surface area contributed by atoms with E-state index in [0.29, 0.717) is 19.6 Å². The van der Waals surface area contributed by atoms with E-state index in [2.05, 4.69) is 0 Å². The van der Waals surface area contributed by atoms with Crippen molar-refractivity contribution in [3.63, 3.8) is 0 Å². The second kappa shape index (κ2) is 8.25. The lowest BCUT2D eigenvalue weighted by Crippen LogP contribution is -2.37. The van der Waals surface area contributed by atoms with Crippen molar-refractivity contribution in [1.29, 1.82) is 0 Å². The van der Waals surface area contributed by atoms with Crippen molar-refractivity contribution >= 4 is 17.5 Å². The Balaban J connectivity index is 1.68. The zero-order valence-corrected chi connectivity index (χ0v) is 16.1. The summed E-state index contributed by atoms with van der Waals surface area (Å²) in [4.78, 5) is 29.0. The fourth-order valence-electron chi connectivity index (χ4n) is 3.52. The molecule has 1 aliphatic rings. The van der Waals surface area contributed by atoms with E-state index in [1.54, 1.807) is 16.9 Å². The molecule has 142 valence electrons. The van der Waals surface area contributed by atoms with Gasteiger partial charge < -0.3 is 14.5 Å². The first-order valence-corrected chi connectivity index (χ1v) is 9.30. The number of carbonyl (C=O) groups is 2. The maximum absolute atomic E-state index is 13.0. The molecule has 1 fully saturated rings. The van der Waals surface area contributed by atoms with Gasteiger partial charge in [-0.05, 0) is 49.2 Å². The number of carbonyl (C=O) groups excluding carboxylic acids is 2. The number of hydrogen-bond acceptors (Lipinski definition) is 3. The fraction of sp³-hybridized carbons (Fsp3) is 0.364. The van der Waals surface area contributed by atoms with Gasteiger partial charge in [-0.2, -0.15) is 0 Å². The van der Waals surface area contributed by atoms with Crippen molar-refractivity contribution < 1.29 is 14.3 Å². The number of likely N-dealkylation sites (tertiary alicyclic amines) is 1. The average molecular weight is 366 g/mol. The molecule has 0 bridgehead atoms. The lowest BCUT2D eigenvalue weighted by Gasteiger charge is -2.25. The number of methoxy groups -OCH3 is 1. The first kappa shape index (κ1) is 19.0. The molecular formula is C22H26N2O3. The monoisotopic (exact) mass is 366 g/mol. The van der Waals surface area contributed by atoms with Gasteiger partial charge in [-0.1, -0.05) is 24.3 Å². The molecule has 5 nitrogen and oxygen atoms in total. The first-order chi connectivity index (χ1) is 13.0. The van der Waals surface area contributed by atoms with Gasteiger partial charge in [0.05, 0.1) is 13.0 Å². The Labute approximate surface area is 160 Å². The summed E-state index contributed by atoms with van der Waals surface area (Å²) in [6.45, 7) is 5.55. The van der Waals surface area contributed by atoms with E-state index in [4.69, 9.17) is 4.74 Å². The molecule has 5 heteroatoms. The van der Waals surface area contributed by atoms with E-state index < -0.39 is 0 Å².